The van der Waals surface area contributed by atoms with Crippen molar-refractivity contribution in [2.45, 2.75) is 32.2 Å². The molecular weight excluding hydrogens is 335 g/mol. The van der Waals surface area contributed by atoms with Crippen LogP contribution in [-0.2, 0) is 20.9 Å². The molecule has 3 fully saturated rings. The zero-order valence-corrected chi connectivity index (χ0v) is 15.0. The molecule has 1 aromatic carbocycles. The minimum Gasteiger partial charge on any atom is -0.381 e. The smallest absolute Gasteiger partial charge is 0.231 e. The number of ether oxygens (including phenoxy) is 1. The summed E-state index contributed by atoms with van der Waals surface area (Å²) in [6, 6.07) is 6.41. The first-order valence-corrected chi connectivity index (χ1v) is 9.48. The van der Waals surface area contributed by atoms with E-state index in [0.717, 1.165) is 31.2 Å². The van der Waals surface area contributed by atoms with Crippen LogP contribution in [0.1, 0.15) is 31.2 Å². The molecule has 0 radical (unpaired) electrons. The summed E-state index contributed by atoms with van der Waals surface area (Å²) in [5.74, 6) is 0.0577. The Morgan fingerprint density at radius 2 is 2.00 bits per heavy atom. The van der Waals surface area contributed by atoms with Crippen molar-refractivity contribution in [2.24, 2.45) is 11.3 Å². The second kappa shape index (κ2) is 6.99. The van der Waals surface area contributed by atoms with Gasteiger partial charge in [-0.3, -0.25) is 9.59 Å². The van der Waals surface area contributed by atoms with Gasteiger partial charge in [-0.2, -0.15) is 0 Å². The largest absolute Gasteiger partial charge is 0.381 e. The van der Waals surface area contributed by atoms with Gasteiger partial charge in [-0.25, -0.2) is 4.39 Å². The van der Waals surface area contributed by atoms with E-state index >= 15 is 0 Å². The molecule has 6 heteroatoms. The molecule has 1 atom stereocenters. The lowest BCUT2D eigenvalue weighted by molar-refractivity contribution is -0.139. The topological polar surface area (TPSA) is 49.9 Å². The van der Waals surface area contributed by atoms with Gasteiger partial charge in [-0.05, 0) is 43.4 Å². The van der Waals surface area contributed by atoms with Gasteiger partial charge in [0.15, 0.2) is 0 Å². The lowest BCUT2D eigenvalue weighted by Crippen LogP contribution is -2.41. The minimum atomic E-state index is -0.436. The van der Waals surface area contributed by atoms with Crippen molar-refractivity contribution in [3.8, 4) is 0 Å². The van der Waals surface area contributed by atoms with E-state index in [2.05, 4.69) is 0 Å². The predicted molar refractivity (Wildman–Crippen MR) is 93.6 cm³/mol. The summed E-state index contributed by atoms with van der Waals surface area (Å²) in [4.78, 5) is 29.5. The molecule has 1 aromatic rings. The Balaban J connectivity index is 1.40. The van der Waals surface area contributed by atoms with E-state index in [1.54, 1.807) is 6.07 Å². The third kappa shape index (κ3) is 3.22. The fraction of sp³-hybridized carbons (Fsp3) is 0.600. The SMILES string of the molecule is O=C(C1CCOCC1)N1CC[C@@]2(CCN(Cc3cccc(F)c3)C2=O)C1. The number of benzene rings is 1. The summed E-state index contributed by atoms with van der Waals surface area (Å²) < 4.78 is 18.7. The Morgan fingerprint density at radius 1 is 1.23 bits per heavy atom. The maximum Gasteiger partial charge on any atom is 0.231 e. The van der Waals surface area contributed by atoms with Gasteiger partial charge in [0, 0.05) is 45.3 Å². The van der Waals surface area contributed by atoms with Crippen molar-refractivity contribution < 1.29 is 18.7 Å². The van der Waals surface area contributed by atoms with Crippen LogP contribution < -0.4 is 0 Å². The minimum absolute atomic E-state index is 0.0406. The molecule has 3 aliphatic heterocycles. The van der Waals surface area contributed by atoms with Crippen LogP contribution in [0.2, 0.25) is 0 Å². The van der Waals surface area contributed by atoms with Gasteiger partial charge >= 0.3 is 0 Å². The van der Waals surface area contributed by atoms with Crippen molar-refractivity contribution in [1.82, 2.24) is 9.80 Å². The van der Waals surface area contributed by atoms with Gasteiger partial charge in [0.25, 0.3) is 0 Å². The molecule has 0 unspecified atom stereocenters. The average Bonchev–Trinajstić information content (AvgIpc) is 3.22. The van der Waals surface area contributed by atoms with E-state index in [4.69, 9.17) is 4.74 Å². The first-order chi connectivity index (χ1) is 12.6. The summed E-state index contributed by atoms with van der Waals surface area (Å²) in [7, 11) is 0. The molecule has 3 aliphatic rings. The van der Waals surface area contributed by atoms with Gasteiger partial charge in [0.2, 0.25) is 11.8 Å². The Labute approximate surface area is 153 Å². The van der Waals surface area contributed by atoms with Crippen LogP contribution in [0.25, 0.3) is 0 Å². The highest BCUT2D eigenvalue weighted by atomic mass is 19.1. The van der Waals surface area contributed by atoms with Crippen LogP contribution in [0.4, 0.5) is 4.39 Å². The van der Waals surface area contributed by atoms with E-state index in [1.807, 2.05) is 15.9 Å². The van der Waals surface area contributed by atoms with Crippen molar-refractivity contribution in [1.29, 1.82) is 0 Å². The van der Waals surface area contributed by atoms with E-state index in [-0.39, 0.29) is 23.5 Å². The molecule has 0 N–H and O–H groups in total. The molecule has 0 aromatic heterocycles. The van der Waals surface area contributed by atoms with Gasteiger partial charge in [-0.1, -0.05) is 12.1 Å². The Morgan fingerprint density at radius 3 is 2.77 bits per heavy atom. The maximum atomic E-state index is 13.4. The van der Waals surface area contributed by atoms with Crippen LogP contribution >= 0.6 is 0 Å². The Kier molecular flexibility index (Phi) is 4.69. The average molecular weight is 360 g/mol. The van der Waals surface area contributed by atoms with Crippen LogP contribution in [0.3, 0.4) is 0 Å². The number of rotatable bonds is 3. The molecule has 140 valence electrons. The Hall–Kier alpha value is -1.95. The molecule has 2 amide bonds. The predicted octanol–water partition coefficient (Wildman–Crippen LogP) is 2.20. The highest BCUT2D eigenvalue weighted by Gasteiger charge is 2.51. The number of hydrogen-bond acceptors (Lipinski definition) is 3. The molecule has 0 saturated carbocycles. The first kappa shape index (κ1) is 17.5. The zero-order chi connectivity index (χ0) is 18.1. The lowest BCUT2D eigenvalue weighted by Gasteiger charge is -2.28. The van der Waals surface area contributed by atoms with Gasteiger partial charge < -0.3 is 14.5 Å². The standard InChI is InChI=1S/C20H25FN2O3/c21-17-3-1-2-15(12-17)13-22-8-6-20(19(22)25)7-9-23(14-20)18(24)16-4-10-26-11-5-16/h1-3,12,16H,4-11,13-14H2/t20-/m0/s1. The monoisotopic (exact) mass is 360 g/mol. The summed E-state index contributed by atoms with van der Waals surface area (Å²) >= 11 is 0. The second-order valence-corrected chi connectivity index (χ2v) is 7.78. The molecule has 0 aliphatic carbocycles. The van der Waals surface area contributed by atoms with E-state index in [9.17, 15) is 14.0 Å². The number of amides is 2. The summed E-state index contributed by atoms with van der Waals surface area (Å²) in [6.45, 7) is 3.60. The Bertz CT molecular complexity index is 704. The van der Waals surface area contributed by atoms with Crippen molar-refractivity contribution in [3.05, 3.63) is 35.6 Å². The van der Waals surface area contributed by atoms with E-state index in [1.165, 1.54) is 12.1 Å². The lowest BCUT2D eigenvalue weighted by atomic mass is 9.85. The van der Waals surface area contributed by atoms with Crippen molar-refractivity contribution >= 4 is 11.8 Å². The number of hydrogen-bond donors (Lipinski definition) is 0. The normalized spacial score (nSPS) is 26.9. The molecule has 0 bridgehead atoms. The second-order valence-electron chi connectivity index (χ2n) is 7.78. The van der Waals surface area contributed by atoms with Gasteiger partial charge in [0.05, 0.1) is 5.41 Å². The van der Waals surface area contributed by atoms with Crippen molar-refractivity contribution in [3.63, 3.8) is 0 Å². The highest BCUT2D eigenvalue weighted by Crippen LogP contribution is 2.42. The van der Waals surface area contributed by atoms with Crippen molar-refractivity contribution in [2.75, 3.05) is 32.8 Å². The molecule has 1 spiro atoms. The number of carbonyl (C=O) groups excluding carboxylic acids is 2. The quantitative estimate of drug-likeness (QED) is 0.830. The van der Waals surface area contributed by atoms with Gasteiger partial charge in [-0.15, -0.1) is 0 Å². The molecule has 26 heavy (non-hydrogen) atoms. The van der Waals surface area contributed by atoms with Crippen LogP contribution in [0.5, 0.6) is 0 Å². The van der Waals surface area contributed by atoms with Crippen LogP contribution in [0, 0.1) is 17.2 Å². The zero-order valence-electron chi connectivity index (χ0n) is 15.0. The third-order valence-corrected chi connectivity index (χ3v) is 6.10. The summed E-state index contributed by atoms with van der Waals surface area (Å²) in [5.41, 5.74) is 0.372. The van der Waals surface area contributed by atoms with E-state index in [0.29, 0.717) is 39.4 Å². The molecule has 3 saturated heterocycles. The number of carbonyl (C=O) groups is 2. The summed E-state index contributed by atoms with van der Waals surface area (Å²) in [5, 5.41) is 0. The molecule has 4 rings (SSSR count). The fourth-order valence-electron chi connectivity index (χ4n) is 4.54. The van der Waals surface area contributed by atoms with E-state index < -0.39 is 5.41 Å². The number of likely N-dealkylation sites (tertiary alicyclic amines) is 2. The highest BCUT2D eigenvalue weighted by molar-refractivity contribution is 5.87. The first-order valence-electron chi connectivity index (χ1n) is 9.48. The third-order valence-electron chi connectivity index (χ3n) is 6.10. The van der Waals surface area contributed by atoms with Crippen LogP contribution in [0.15, 0.2) is 24.3 Å². The summed E-state index contributed by atoms with van der Waals surface area (Å²) in [6.07, 6.45) is 3.07. The van der Waals surface area contributed by atoms with Crippen LogP contribution in [-0.4, -0.2) is 54.5 Å². The fourth-order valence-corrected chi connectivity index (χ4v) is 4.54. The molecule has 3 heterocycles. The maximum absolute atomic E-state index is 13.4. The number of nitrogens with zero attached hydrogens (tertiary/aromatic N) is 2. The number of halogens is 1. The molecular formula is C20H25FN2O3. The van der Waals surface area contributed by atoms with Gasteiger partial charge in [0.1, 0.15) is 5.82 Å². The molecule has 5 nitrogen and oxygen atoms in total.